The standard InChI is InChI=1S/C18H19BrN4/c1-13-10-15(19)12-21-18(13)22-16-6-8-23(9-7-16)17-4-2-14(11-20)3-5-17/h2-5,10,12,16H,6-9H2,1H3,(H,21,22). The number of rotatable bonds is 3. The first-order valence-corrected chi connectivity index (χ1v) is 8.59. The fourth-order valence-electron chi connectivity index (χ4n) is 2.91. The Morgan fingerprint density at radius 1 is 1.26 bits per heavy atom. The molecular weight excluding hydrogens is 352 g/mol. The summed E-state index contributed by atoms with van der Waals surface area (Å²) in [5, 5.41) is 12.4. The van der Waals surface area contributed by atoms with E-state index in [0.717, 1.165) is 41.8 Å². The van der Waals surface area contributed by atoms with Crippen LogP contribution in [0.1, 0.15) is 24.0 Å². The molecule has 0 radical (unpaired) electrons. The Kier molecular flexibility index (Phi) is 4.82. The fourth-order valence-corrected chi connectivity index (χ4v) is 3.36. The molecule has 1 aliphatic rings. The van der Waals surface area contributed by atoms with Crippen LogP contribution < -0.4 is 10.2 Å². The number of halogens is 1. The van der Waals surface area contributed by atoms with Gasteiger partial charge in [-0.3, -0.25) is 0 Å². The van der Waals surface area contributed by atoms with Gasteiger partial charge < -0.3 is 10.2 Å². The summed E-state index contributed by atoms with van der Waals surface area (Å²) in [5.74, 6) is 0.977. The van der Waals surface area contributed by atoms with E-state index in [4.69, 9.17) is 5.26 Å². The van der Waals surface area contributed by atoms with Crippen molar-refractivity contribution >= 4 is 27.4 Å². The first-order chi connectivity index (χ1) is 11.2. The number of piperidine rings is 1. The average molecular weight is 371 g/mol. The van der Waals surface area contributed by atoms with E-state index in [1.54, 1.807) is 0 Å². The second kappa shape index (κ2) is 7.01. The molecule has 23 heavy (non-hydrogen) atoms. The smallest absolute Gasteiger partial charge is 0.129 e. The van der Waals surface area contributed by atoms with Gasteiger partial charge in [-0.2, -0.15) is 5.26 Å². The molecule has 1 N–H and O–H groups in total. The highest BCUT2D eigenvalue weighted by molar-refractivity contribution is 9.10. The Morgan fingerprint density at radius 2 is 1.96 bits per heavy atom. The SMILES string of the molecule is Cc1cc(Br)cnc1NC1CCN(c2ccc(C#N)cc2)CC1. The van der Waals surface area contributed by atoms with E-state index in [1.165, 1.54) is 5.69 Å². The molecule has 0 saturated carbocycles. The Balaban J connectivity index is 1.58. The fraction of sp³-hybridized carbons (Fsp3) is 0.333. The van der Waals surface area contributed by atoms with Gasteiger partial charge in [-0.15, -0.1) is 0 Å². The van der Waals surface area contributed by atoms with Crippen molar-refractivity contribution in [3.63, 3.8) is 0 Å². The minimum Gasteiger partial charge on any atom is -0.371 e. The van der Waals surface area contributed by atoms with Crippen LogP contribution in [0, 0.1) is 18.3 Å². The summed E-state index contributed by atoms with van der Waals surface area (Å²) >= 11 is 3.45. The van der Waals surface area contributed by atoms with Gasteiger partial charge in [0.15, 0.2) is 0 Å². The van der Waals surface area contributed by atoms with Crippen LogP contribution in [0.3, 0.4) is 0 Å². The lowest BCUT2D eigenvalue weighted by Crippen LogP contribution is -2.39. The van der Waals surface area contributed by atoms with Crippen LogP contribution in [-0.4, -0.2) is 24.1 Å². The maximum atomic E-state index is 8.87. The third kappa shape index (κ3) is 3.83. The Morgan fingerprint density at radius 3 is 2.57 bits per heavy atom. The number of pyridine rings is 1. The summed E-state index contributed by atoms with van der Waals surface area (Å²) in [7, 11) is 0. The average Bonchev–Trinajstić information content (AvgIpc) is 2.58. The summed E-state index contributed by atoms with van der Waals surface area (Å²) in [6, 6.07) is 12.5. The van der Waals surface area contributed by atoms with Gasteiger partial charge in [-0.1, -0.05) is 0 Å². The maximum absolute atomic E-state index is 8.87. The van der Waals surface area contributed by atoms with Crippen LogP contribution in [0.2, 0.25) is 0 Å². The van der Waals surface area contributed by atoms with Crippen molar-refractivity contribution in [3.8, 4) is 6.07 Å². The number of anilines is 2. The maximum Gasteiger partial charge on any atom is 0.129 e. The molecule has 0 amide bonds. The Bertz CT molecular complexity index is 713. The van der Waals surface area contributed by atoms with Gasteiger partial charge in [-0.05, 0) is 71.6 Å². The first-order valence-electron chi connectivity index (χ1n) is 7.79. The number of nitriles is 1. The van der Waals surface area contributed by atoms with Crippen molar-refractivity contribution in [2.24, 2.45) is 0 Å². The summed E-state index contributed by atoms with van der Waals surface area (Å²) < 4.78 is 1.01. The second-order valence-corrected chi connectivity index (χ2v) is 6.80. The molecule has 0 bridgehead atoms. The van der Waals surface area contributed by atoms with Gasteiger partial charge in [0.2, 0.25) is 0 Å². The first kappa shape index (κ1) is 15.8. The minimum atomic E-state index is 0.456. The van der Waals surface area contributed by atoms with E-state index in [9.17, 15) is 0 Å². The lowest BCUT2D eigenvalue weighted by atomic mass is 10.0. The van der Waals surface area contributed by atoms with Crippen molar-refractivity contribution in [3.05, 3.63) is 52.1 Å². The zero-order chi connectivity index (χ0) is 16.2. The van der Waals surface area contributed by atoms with Crippen molar-refractivity contribution in [1.29, 1.82) is 5.26 Å². The normalized spacial score (nSPS) is 15.3. The van der Waals surface area contributed by atoms with E-state index in [0.29, 0.717) is 11.6 Å². The number of nitrogens with one attached hydrogen (secondary N) is 1. The molecule has 118 valence electrons. The summed E-state index contributed by atoms with van der Waals surface area (Å²) in [6.07, 6.45) is 4.00. The lowest BCUT2D eigenvalue weighted by Gasteiger charge is -2.34. The summed E-state index contributed by atoms with van der Waals surface area (Å²) in [5.41, 5.74) is 3.07. The van der Waals surface area contributed by atoms with Crippen LogP contribution in [0.4, 0.5) is 11.5 Å². The molecular formula is C18H19BrN4. The molecule has 2 aromatic rings. The molecule has 2 heterocycles. The van der Waals surface area contributed by atoms with E-state index < -0.39 is 0 Å². The third-order valence-corrected chi connectivity index (χ3v) is 4.68. The van der Waals surface area contributed by atoms with Gasteiger partial charge in [-0.25, -0.2) is 4.98 Å². The molecule has 1 aliphatic heterocycles. The number of hydrogen-bond donors (Lipinski definition) is 1. The van der Waals surface area contributed by atoms with Gasteiger partial charge in [0, 0.05) is 35.5 Å². The molecule has 4 nitrogen and oxygen atoms in total. The van der Waals surface area contributed by atoms with Gasteiger partial charge in [0.1, 0.15) is 5.82 Å². The van der Waals surface area contributed by atoms with Crippen LogP contribution >= 0.6 is 15.9 Å². The van der Waals surface area contributed by atoms with Crippen molar-refractivity contribution in [2.45, 2.75) is 25.8 Å². The molecule has 1 saturated heterocycles. The van der Waals surface area contributed by atoms with Crippen LogP contribution in [0.5, 0.6) is 0 Å². The molecule has 0 aliphatic carbocycles. The quantitative estimate of drug-likeness (QED) is 0.883. The molecule has 0 spiro atoms. The molecule has 3 rings (SSSR count). The summed E-state index contributed by atoms with van der Waals surface area (Å²) in [6.45, 7) is 4.10. The number of aromatic nitrogens is 1. The highest BCUT2D eigenvalue weighted by Crippen LogP contribution is 2.24. The topological polar surface area (TPSA) is 52.0 Å². The predicted octanol–water partition coefficient (Wildman–Crippen LogP) is 4.11. The molecule has 1 aromatic carbocycles. The largest absolute Gasteiger partial charge is 0.371 e. The molecule has 0 unspecified atom stereocenters. The molecule has 1 fully saturated rings. The van der Waals surface area contributed by atoms with Crippen molar-refractivity contribution in [2.75, 3.05) is 23.3 Å². The molecule has 1 aromatic heterocycles. The highest BCUT2D eigenvalue weighted by atomic mass is 79.9. The van der Waals surface area contributed by atoms with Crippen molar-refractivity contribution < 1.29 is 0 Å². The Labute approximate surface area is 145 Å². The second-order valence-electron chi connectivity index (χ2n) is 5.88. The van der Waals surface area contributed by atoms with Gasteiger partial charge >= 0.3 is 0 Å². The van der Waals surface area contributed by atoms with Crippen molar-refractivity contribution in [1.82, 2.24) is 4.98 Å². The van der Waals surface area contributed by atoms with E-state index in [1.807, 2.05) is 30.5 Å². The van der Waals surface area contributed by atoms with Crippen LogP contribution in [0.25, 0.3) is 0 Å². The monoisotopic (exact) mass is 370 g/mol. The molecule has 5 heteroatoms. The number of hydrogen-bond acceptors (Lipinski definition) is 4. The number of aryl methyl sites for hydroxylation is 1. The molecule has 0 atom stereocenters. The van der Waals surface area contributed by atoms with Gasteiger partial charge in [0.25, 0.3) is 0 Å². The number of nitrogens with zero attached hydrogens (tertiary/aromatic N) is 3. The Hall–Kier alpha value is -2.06. The predicted molar refractivity (Wildman–Crippen MR) is 96.7 cm³/mol. The van der Waals surface area contributed by atoms with E-state index in [-0.39, 0.29) is 0 Å². The van der Waals surface area contributed by atoms with E-state index in [2.05, 4.69) is 50.2 Å². The van der Waals surface area contributed by atoms with Crippen LogP contribution in [0.15, 0.2) is 41.0 Å². The van der Waals surface area contributed by atoms with E-state index >= 15 is 0 Å². The number of benzene rings is 1. The highest BCUT2D eigenvalue weighted by Gasteiger charge is 2.20. The third-order valence-electron chi connectivity index (χ3n) is 4.24. The lowest BCUT2D eigenvalue weighted by molar-refractivity contribution is 0.525. The zero-order valence-electron chi connectivity index (χ0n) is 13.1. The zero-order valence-corrected chi connectivity index (χ0v) is 14.7. The summed E-state index contributed by atoms with van der Waals surface area (Å²) in [4.78, 5) is 6.84. The minimum absolute atomic E-state index is 0.456. The van der Waals surface area contributed by atoms with Gasteiger partial charge in [0.05, 0.1) is 11.6 Å². The van der Waals surface area contributed by atoms with Crippen LogP contribution in [-0.2, 0) is 0 Å².